The summed E-state index contributed by atoms with van der Waals surface area (Å²) >= 11 is 5.95. The van der Waals surface area contributed by atoms with Gasteiger partial charge in [-0.25, -0.2) is 9.78 Å². The predicted molar refractivity (Wildman–Crippen MR) is 89.0 cm³/mol. The largest absolute Gasteiger partial charge is 0.457 e. The molecule has 0 bridgehead atoms. The summed E-state index contributed by atoms with van der Waals surface area (Å²) in [6.45, 7) is 0.00506. The van der Waals surface area contributed by atoms with Crippen molar-refractivity contribution in [3.63, 3.8) is 0 Å². The normalized spacial score (nSPS) is 10.5. The molecule has 0 aliphatic carbocycles. The Kier molecular flexibility index (Phi) is 4.39. The number of nitro groups is 1. The first kappa shape index (κ1) is 15.9. The summed E-state index contributed by atoms with van der Waals surface area (Å²) < 4.78 is 5.28. The smallest absolute Gasteiger partial charge is 0.339 e. The number of pyridine rings is 1. The number of carbonyl (C=O) groups excluding carboxylic acids is 1. The number of ether oxygens (including phenoxy) is 1. The molecule has 0 spiro atoms. The molecule has 0 unspecified atom stereocenters. The van der Waals surface area contributed by atoms with Crippen molar-refractivity contribution in [1.82, 2.24) is 4.98 Å². The number of fused-ring (bicyclic) bond motifs is 1. The molecule has 0 saturated carbocycles. The lowest BCUT2D eigenvalue weighted by Crippen LogP contribution is -2.06. The molecule has 0 aliphatic rings. The van der Waals surface area contributed by atoms with Crippen LogP contribution in [0.4, 0.5) is 5.69 Å². The van der Waals surface area contributed by atoms with Crippen LogP contribution in [0.15, 0.2) is 54.6 Å². The standard InChI is InChI=1S/C17H11ClN2O4/c18-16-9-14(13-3-1-2-4-15(13)19-16)17(21)24-10-11-5-7-12(8-6-11)20(22)23/h1-9H,10H2. The maximum absolute atomic E-state index is 12.3. The number of aromatic nitrogens is 1. The Morgan fingerprint density at radius 1 is 1.17 bits per heavy atom. The molecule has 3 rings (SSSR count). The summed E-state index contributed by atoms with van der Waals surface area (Å²) in [4.78, 5) is 26.6. The van der Waals surface area contributed by atoms with Crippen LogP contribution >= 0.6 is 11.6 Å². The van der Waals surface area contributed by atoms with Crippen molar-refractivity contribution >= 4 is 34.2 Å². The van der Waals surface area contributed by atoms with E-state index in [1.165, 1.54) is 18.2 Å². The molecule has 1 heterocycles. The van der Waals surface area contributed by atoms with Gasteiger partial charge in [0, 0.05) is 17.5 Å². The topological polar surface area (TPSA) is 82.3 Å². The molecule has 7 heteroatoms. The summed E-state index contributed by atoms with van der Waals surface area (Å²) in [5.41, 5.74) is 1.56. The molecule has 120 valence electrons. The van der Waals surface area contributed by atoms with Crippen LogP contribution in [0.2, 0.25) is 5.15 Å². The van der Waals surface area contributed by atoms with E-state index in [2.05, 4.69) is 4.98 Å². The molecule has 0 saturated heterocycles. The van der Waals surface area contributed by atoms with E-state index in [-0.39, 0.29) is 17.4 Å². The van der Waals surface area contributed by atoms with Crippen molar-refractivity contribution in [2.24, 2.45) is 0 Å². The zero-order chi connectivity index (χ0) is 17.1. The van der Waals surface area contributed by atoms with Gasteiger partial charge in [-0.1, -0.05) is 29.8 Å². The van der Waals surface area contributed by atoms with E-state index < -0.39 is 10.9 Å². The molecule has 6 nitrogen and oxygen atoms in total. The van der Waals surface area contributed by atoms with Crippen LogP contribution in [0, 0.1) is 10.1 Å². The van der Waals surface area contributed by atoms with Crippen LogP contribution in [-0.4, -0.2) is 15.9 Å². The number of halogens is 1. The average Bonchev–Trinajstić information content (AvgIpc) is 2.59. The fourth-order valence-electron chi connectivity index (χ4n) is 2.25. The van der Waals surface area contributed by atoms with Gasteiger partial charge in [-0.15, -0.1) is 0 Å². The van der Waals surface area contributed by atoms with E-state index in [0.717, 1.165) is 0 Å². The molecule has 0 atom stereocenters. The number of carbonyl (C=O) groups is 1. The van der Waals surface area contributed by atoms with E-state index in [1.54, 1.807) is 36.4 Å². The number of hydrogen-bond acceptors (Lipinski definition) is 5. The third kappa shape index (κ3) is 3.33. The lowest BCUT2D eigenvalue weighted by Gasteiger charge is -2.08. The van der Waals surface area contributed by atoms with Gasteiger partial charge in [-0.05, 0) is 29.8 Å². The Bertz CT molecular complexity index is 926. The highest BCUT2D eigenvalue weighted by atomic mass is 35.5. The first-order valence-corrected chi connectivity index (χ1v) is 7.38. The van der Waals surface area contributed by atoms with Crippen molar-refractivity contribution in [3.05, 3.63) is 81.0 Å². The third-order valence-corrected chi connectivity index (χ3v) is 3.62. The van der Waals surface area contributed by atoms with Gasteiger partial charge >= 0.3 is 5.97 Å². The summed E-state index contributed by atoms with van der Waals surface area (Å²) in [5.74, 6) is -0.533. The maximum Gasteiger partial charge on any atom is 0.339 e. The van der Waals surface area contributed by atoms with Crippen LogP contribution in [0.25, 0.3) is 10.9 Å². The number of hydrogen-bond donors (Lipinski definition) is 0. The number of non-ortho nitro benzene ring substituents is 1. The minimum absolute atomic E-state index is 0.00506. The first-order chi connectivity index (χ1) is 11.5. The molecule has 24 heavy (non-hydrogen) atoms. The highest BCUT2D eigenvalue weighted by molar-refractivity contribution is 6.30. The Labute approximate surface area is 141 Å². The van der Waals surface area contributed by atoms with Gasteiger partial charge in [0.25, 0.3) is 5.69 Å². The van der Waals surface area contributed by atoms with Crippen LogP contribution in [0.1, 0.15) is 15.9 Å². The zero-order valence-corrected chi connectivity index (χ0v) is 13.1. The van der Waals surface area contributed by atoms with E-state index in [4.69, 9.17) is 16.3 Å². The van der Waals surface area contributed by atoms with Gasteiger partial charge in [-0.3, -0.25) is 10.1 Å². The minimum atomic E-state index is -0.533. The first-order valence-electron chi connectivity index (χ1n) is 7.00. The fourth-order valence-corrected chi connectivity index (χ4v) is 2.45. The summed E-state index contributed by atoms with van der Waals surface area (Å²) in [6, 6.07) is 14.4. The number of nitrogens with zero attached hydrogens (tertiary/aromatic N) is 2. The lowest BCUT2D eigenvalue weighted by atomic mass is 10.1. The molecule has 2 aromatic carbocycles. The fraction of sp³-hybridized carbons (Fsp3) is 0.0588. The molecule has 0 radical (unpaired) electrons. The molecule has 1 aromatic heterocycles. The van der Waals surface area contributed by atoms with E-state index in [9.17, 15) is 14.9 Å². The molecular formula is C17H11ClN2O4. The number of rotatable bonds is 4. The van der Waals surface area contributed by atoms with Gasteiger partial charge in [0.05, 0.1) is 16.0 Å². The molecule has 0 fully saturated rings. The highest BCUT2D eigenvalue weighted by Crippen LogP contribution is 2.22. The Morgan fingerprint density at radius 3 is 2.58 bits per heavy atom. The van der Waals surface area contributed by atoms with Crippen molar-refractivity contribution in [2.75, 3.05) is 0 Å². The van der Waals surface area contributed by atoms with E-state index in [0.29, 0.717) is 22.0 Å². The van der Waals surface area contributed by atoms with E-state index >= 15 is 0 Å². The van der Waals surface area contributed by atoms with Gasteiger partial charge < -0.3 is 4.74 Å². The summed E-state index contributed by atoms with van der Waals surface area (Å²) in [5, 5.41) is 11.5. The van der Waals surface area contributed by atoms with Gasteiger partial charge in [-0.2, -0.15) is 0 Å². The van der Waals surface area contributed by atoms with Crippen LogP contribution in [0.5, 0.6) is 0 Å². The van der Waals surface area contributed by atoms with Crippen LogP contribution in [-0.2, 0) is 11.3 Å². The summed E-state index contributed by atoms with van der Waals surface area (Å²) in [6.07, 6.45) is 0. The SMILES string of the molecule is O=C(OCc1ccc([N+](=O)[O-])cc1)c1cc(Cl)nc2ccccc12. The zero-order valence-electron chi connectivity index (χ0n) is 12.3. The monoisotopic (exact) mass is 342 g/mol. The Morgan fingerprint density at radius 2 is 1.88 bits per heavy atom. The molecule has 0 aliphatic heterocycles. The second-order valence-corrected chi connectivity index (χ2v) is 5.40. The number of nitro benzene ring substituents is 1. The Balaban J connectivity index is 1.79. The molecule has 0 amide bonds. The second kappa shape index (κ2) is 6.64. The van der Waals surface area contributed by atoms with Crippen molar-refractivity contribution < 1.29 is 14.5 Å². The Hall–Kier alpha value is -2.99. The third-order valence-electron chi connectivity index (χ3n) is 3.42. The number of benzene rings is 2. The van der Waals surface area contributed by atoms with Crippen LogP contribution < -0.4 is 0 Å². The molecular weight excluding hydrogens is 332 g/mol. The quantitative estimate of drug-likeness (QED) is 0.308. The molecule has 3 aromatic rings. The lowest BCUT2D eigenvalue weighted by molar-refractivity contribution is -0.384. The van der Waals surface area contributed by atoms with E-state index in [1.807, 2.05) is 0 Å². The number of para-hydroxylation sites is 1. The maximum atomic E-state index is 12.3. The van der Waals surface area contributed by atoms with Crippen molar-refractivity contribution in [1.29, 1.82) is 0 Å². The molecule has 0 N–H and O–H groups in total. The van der Waals surface area contributed by atoms with Gasteiger partial charge in [0.2, 0.25) is 0 Å². The second-order valence-electron chi connectivity index (χ2n) is 5.01. The highest BCUT2D eigenvalue weighted by Gasteiger charge is 2.14. The van der Waals surface area contributed by atoms with Gasteiger partial charge in [0.1, 0.15) is 11.8 Å². The predicted octanol–water partition coefficient (Wildman–Crippen LogP) is 4.15. The van der Waals surface area contributed by atoms with Crippen molar-refractivity contribution in [3.8, 4) is 0 Å². The van der Waals surface area contributed by atoms with Crippen molar-refractivity contribution in [2.45, 2.75) is 6.61 Å². The minimum Gasteiger partial charge on any atom is -0.457 e. The average molecular weight is 343 g/mol. The van der Waals surface area contributed by atoms with Crippen LogP contribution in [0.3, 0.4) is 0 Å². The summed E-state index contributed by atoms with van der Waals surface area (Å²) in [7, 11) is 0. The number of esters is 1. The van der Waals surface area contributed by atoms with Gasteiger partial charge in [0.15, 0.2) is 0 Å².